The summed E-state index contributed by atoms with van der Waals surface area (Å²) in [6, 6.07) is 31.0. The summed E-state index contributed by atoms with van der Waals surface area (Å²) in [4.78, 5) is 0. The predicted octanol–water partition coefficient (Wildman–Crippen LogP) is 7.62. The monoisotopic (exact) mass is 498 g/mol. The molecule has 2 aliphatic rings. The first-order chi connectivity index (χ1) is 16.0. The molecule has 0 saturated heterocycles. The van der Waals surface area contributed by atoms with Gasteiger partial charge in [0.1, 0.15) is 0 Å². The van der Waals surface area contributed by atoms with Gasteiger partial charge in [0.25, 0.3) is 0 Å². The van der Waals surface area contributed by atoms with Crippen LogP contribution in [0.2, 0.25) is 6.04 Å². The zero-order valence-corrected chi connectivity index (χ0v) is 24.5. The minimum absolute atomic E-state index is 0. The fourth-order valence-electron chi connectivity index (χ4n) is 3.89. The maximum absolute atomic E-state index is 3.72. The number of allylic oxidation sites excluding steroid dienone is 4. The van der Waals surface area contributed by atoms with Crippen LogP contribution in [0.25, 0.3) is 0 Å². The van der Waals surface area contributed by atoms with E-state index in [0.717, 1.165) is 22.6 Å². The summed E-state index contributed by atoms with van der Waals surface area (Å²) in [6.07, 6.45) is 9.10. The van der Waals surface area contributed by atoms with Crippen molar-refractivity contribution < 1.29 is 21.7 Å². The summed E-state index contributed by atoms with van der Waals surface area (Å²) in [7, 11) is 1.30. The third-order valence-corrected chi connectivity index (χ3v) is 6.54. The molecular formula is C32H38SiTi. The van der Waals surface area contributed by atoms with Gasteiger partial charge in [0.15, 0.2) is 0 Å². The Morgan fingerprint density at radius 2 is 1.09 bits per heavy atom. The molecule has 1 atom stereocenters. The third-order valence-electron chi connectivity index (χ3n) is 5.78. The number of rotatable bonds is 1. The Morgan fingerprint density at radius 1 is 0.706 bits per heavy atom. The van der Waals surface area contributed by atoms with Gasteiger partial charge in [0.05, 0.1) is 0 Å². The van der Waals surface area contributed by atoms with E-state index < -0.39 is 0 Å². The van der Waals surface area contributed by atoms with Crippen molar-refractivity contribution in [2.75, 3.05) is 0 Å². The summed E-state index contributed by atoms with van der Waals surface area (Å²) in [6.45, 7) is 13.5. The molecule has 0 bridgehead atoms. The van der Waals surface area contributed by atoms with Crippen LogP contribution in [0.4, 0.5) is 0 Å². The van der Waals surface area contributed by atoms with Gasteiger partial charge in [-0.05, 0) is 0 Å². The first-order valence-corrected chi connectivity index (χ1v) is 13.4. The quantitative estimate of drug-likeness (QED) is 0.239. The van der Waals surface area contributed by atoms with Gasteiger partial charge in [0, 0.05) is 10.2 Å². The zero-order valence-electron chi connectivity index (χ0n) is 20.9. The summed E-state index contributed by atoms with van der Waals surface area (Å²) < 4.78 is 0. The molecule has 3 aromatic carbocycles. The SMILES string of the molecule is CC1C(C[SiH3])=[C-]C2=C1CCCC2.[CH2-]c1ccccc1.[CH2-]c1ccccc1.[CH2-]c1ccccc1.[Ti+4]. The molecule has 0 N–H and O–H groups in total. The normalized spacial score (nSPS) is 15.6. The van der Waals surface area contributed by atoms with Crippen molar-refractivity contribution in [3.63, 3.8) is 0 Å². The molecule has 0 radical (unpaired) electrons. The molecule has 0 heterocycles. The van der Waals surface area contributed by atoms with Crippen LogP contribution in [-0.4, -0.2) is 10.2 Å². The van der Waals surface area contributed by atoms with Crippen LogP contribution in [0.1, 0.15) is 49.3 Å². The maximum Gasteiger partial charge on any atom is 4.00 e. The number of hydrogen-bond donors (Lipinski definition) is 0. The molecule has 0 amide bonds. The molecule has 0 saturated carbocycles. The third kappa shape index (κ3) is 11.2. The molecule has 0 nitrogen and oxygen atoms in total. The average Bonchev–Trinajstić information content (AvgIpc) is 3.18. The maximum atomic E-state index is 3.72. The number of hydrogen-bond acceptors (Lipinski definition) is 0. The van der Waals surface area contributed by atoms with Crippen molar-refractivity contribution in [1.29, 1.82) is 0 Å². The molecule has 0 aromatic heterocycles. The van der Waals surface area contributed by atoms with Crippen LogP contribution in [-0.2, 0) is 21.7 Å². The van der Waals surface area contributed by atoms with Crippen molar-refractivity contribution in [2.45, 2.75) is 38.7 Å². The van der Waals surface area contributed by atoms with Gasteiger partial charge in [-0.3, -0.25) is 0 Å². The van der Waals surface area contributed by atoms with E-state index in [1.165, 1.54) is 42.0 Å². The van der Waals surface area contributed by atoms with E-state index in [-0.39, 0.29) is 21.7 Å². The molecule has 2 aliphatic carbocycles. The van der Waals surface area contributed by atoms with Gasteiger partial charge < -0.3 is 0 Å². The van der Waals surface area contributed by atoms with Crippen molar-refractivity contribution in [3.05, 3.63) is 151 Å². The Kier molecular flexibility index (Phi) is 15.0. The van der Waals surface area contributed by atoms with Gasteiger partial charge in [-0.2, -0.15) is 79.4 Å². The Balaban J connectivity index is 0.000000233. The van der Waals surface area contributed by atoms with Gasteiger partial charge in [-0.1, -0.05) is 62.8 Å². The van der Waals surface area contributed by atoms with E-state index in [1.54, 1.807) is 16.7 Å². The molecule has 0 fully saturated rings. The van der Waals surface area contributed by atoms with Crippen LogP contribution < -0.4 is 0 Å². The zero-order chi connectivity index (χ0) is 23.9. The Hall–Kier alpha value is -2.32. The smallest absolute Gasteiger partial charge is 0.249 e. The van der Waals surface area contributed by atoms with Crippen LogP contribution in [0.15, 0.2) is 108 Å². The minimum atomic E-state index is 0. The molecule has 5 rings (SSSR count). The first-order valence-electron chi connectivity index (χ1n) is 12.0. The predicted molar refractivity (Wildman–Crippen MR) is 149 cm³/mol. The van der Waals surface area contributed by atoms with E-state index in [9.17, 15) is 0 Å². The second kappa shape index (κ2) is 17.2. The van der Waals surface area contributed by atoms with E-state index >= 15 is 0 Å². The summed E-state index contributed by atoms with van der Waals surface area (Å²) in [5.74, 6) is 0.762. The fraction of sp³-hybridized carbons (Fsp3) is 0.219. The summed E-state index contributed by atoms with van der Waals surface area (Å²) >= 11 is 0. The molecule has 174 valence electrons. The van der Waals surface area contributed by atoms with E-state index in [0.29, 0.717) is 0 Å². The van der Waals surface area contributed by atoms with Crippen molar-refractivity contribution in [2.24, 2.45) is 5.92 Å². The second-order valence-electron chi connectivity index (χ2n) is 8.39. The van der Waals surface area contributed by atoms with Crippen LogP contribution in [0, 0.1) is 32.8 Å². The van der Waals surface area contributed by atoms with E-state index in [4.69, 9.17) is 0 Å². The van der Waals surface area contributed by atoms with Gasteiger partial charge in [-0.15, -0.1) is 36.4 Å². The minimum Gasteiger partial charge on any atom is -0.249 e. The molecular weight excluding hydrogens is 460 g/mol. The second-order valence-corrected chi connectivity index (χ2v) is 9.10. The summed E-state index contributed by atoms with van der Waals surface area (Å²) in [5, 5.41) is 0. The van der Waals surface area contributed by atoms with Crippen LogP contribution >= 0.6 is 0 Å². The molecule has 2 heteroatoms. The van der Waals surface area contributed by atoms with E-state index in [2.05, 4.69) is 33.8 Å². The molecule has 3 aromatic rings. The van der Waals surface area contributed by atoms with Crippen LogP contribution in [0.5, 0.6) is 0 Å². The molecule has 1 unspecified atom stereocenters. The molecule has 0 aliphatic heterocycles. The van der Waals surface area contributed by atoms with Gasteiger partial charge in [-0.25, -0.2) is 17.2 Å². The topological polar surface area (TPSA) is 0 Å². The Labute approximate surface area is 226 Å². The Morgan fingerprint density at radius 3 is 1.38 bits per heavy atom. The standard InChI is InChI=1S/C11H17Si.3C7H7.Ti/c1-8-10(7-12)6-9-4-2-3-5-11(8)9;3*1-7-5-3-2-4-6-7;/h8H,2-5,7H2,1,12H3;3*2-6H,1H2;/q4*-1;+4. The largest absolute Gasteiger partial charge is 4.00 e. The molecule has 0 spiro atoms. The fourth-order valence-corrected chi connectivity index (χ4v) is 4.68. The number of benzene rings is 3. The van der Waals surface area contributed by atoms with Crippen LogP contribution in [0.3, 0.4) is 0 Å². The first kappa shape index (κ1) is 29.7. The Bertz CT molecular complexity index is 886. The van der Waals surface area contributed by atoms with Crippen molar-refractivity contribution in [1.82, 2.24) is 0 Å². The van der Waals surface area contributed by atoms with Gasteiger partial charge in [0.2, 0.25) is 0 Å². The molecule has 34 heavy (non-hydrogen) atoms. The van der Waals surface area contributed by atoms with E-state index in [1.807, 2.05) is 91.0 Å². The summed E-state index contributed by atoms with van der Waals surface area (Å²) in [5.41, 5.74) is 8.13. The van der Waals surface area contributed by atoms with Gasteiger partial charge >= 0.3 is 21.7 Å². The average molecular weight is 499 g/mol. The van der Waals surface area contributed by atoms with Crippen molar-refractivity contribution in [3.8, 4) is 0 Å². The van der Waals surface area contributed by atoms with Crippen molar-refractivity contribution >= 4 is 10.2 Å².